The van der Waals surface area contributed by atoms with Crippen LogP contribution in [0.5, 0.6) is 5.75 Å². The lowest BCUT2D eigenvalue weighted by Gasteiger charge is -2.07. The number of hydrogen-bond acceptors (Lipinski definition) is 6. The van der Waals surface area contributed by atoms with Gasteiger partial charge in [-0.15, -0.1) is 0 Å². The van der Waals surface area contributed by atoms with Crippen LogP contribution in [0.2, 0.25) is 0 Å². The SMILES string of the molecule is O=C(O)COc1cccc(C(=O)C=Cc2cccc(NC3=NCCN3)c2)c1. The van der Waals surface area contributed by atoms with Crippen molar-refractivity contribution in [2.24, 2.45) is 4.99 Å². The lowest BCUT2D eigenvalue weighted by Crippen LogP contribution is -2.26. The van der Waals surface area contributed by atoms with E-state index in [1.807, 2.05) is 24.3 Å². The number of guanidine groups is 1. The second-order valence-electron chi connectivity index (χ2n) is 5.82. The molecule has 1 aliphatic rings. The minimum Gasteiger partial charge on any atom is -0.482 e. The van der Waals surface area contributed by atoms with Crippen molar-refractivity contribution in [2.45, 2.75) is 0 Å². The zero-order valence-electron chi connectivity index (χ0n) is 14.5. The molecular formula is C20H19N3O4. The number of nitrogens with one attached hydrogen (secondary N) is 2. The molecule has 7 nitrogen and oxygen atoms in total. The largest absolute Gasteiger partial charge is 0.482 e. The Kier molecular flexibility index (Phi) is 5.84. The van der Waals surface area contributed by atoms with Gasteiger partial charge in [0, 0.05) is 17.8 Å². The van der Waals surface area contributed by atoms with Gasteiger partial charge in [0.25, 0.3) is 0 Å². The Bertz CT molecular complexity index is 906. The molecule has 0 aliphatic carbocycles. The van der Waals surface area contributed by atoms with Crippen LogP contribution in [-0.4, -0.2) is 42.5 Å². The van der Waals surface area contributed by atoms with E-state index < -0.39 is 12.6 Å². The van der Waals surface area contributed by atoms with Gasteiger partial charge in [-0.2, -0.15) is 0 Å². The fraction of sp³-hybridized carbons (Fsp3) is 0.150. The van der Waals surface area contributed by atoms with Gasteiger partial charge in [0.1, 0.15) is 5.75 Å². The molecule has 0 bridgehead atoms. The van der Waals surface area contributed by atoms with Gasteiger partial charge >= 0.3 is 5.97 Å². The standard InChI is InChI=1S/C20H19N3O4/c24-18(15-4-2-6-17(12-15)27-13-19(25)26)8-7-14-3-1-5-16(11-14)23-20-21-9-10-22-20/h1-8,11-12H,9-10,13H2,(H,25,26)(H2,21,22,23). The van der Waals surface area contributed by atoms with Gasteiger partial charge in [0.2, 0.25) is 0 Å². The summed E-state index contributed by atoms with van der Waals surface area (Å²) in [5, 5.41) is 15.0. The fourth-order valence-corrected chi connectivity index (χ4v) is 2.49. The number of anilines is 1. The Morgan fingerprint density at radius 3 is 2.85 bits per heavy atom. The summed E-state index contributed by atoms with van der Waals surface area (Å²) in [7, 11) is 0. The average Bonchev–Trinajstić information content (AvgIpc) is 3.18. The lowest BCUT2D eigenvalue weighted by atomic mass is 10.1. The molecule has 3 N–H and O–H groups in total. The zero-order chi connectivity index (χ0) is 19.1. The molecule has 2 aromatic rings. The smallest absolute Gasteiger partial charge is 0.341 e. The molecule has 0 fully saturated rings. The highest BCUT2D eigenvalue weighted by molar-refractivity contribution is 6.07. The van der Waals surface area contributed by atoms with E-state index in [4.69, 9.17) is 9.84 Å². The third-order valence-corrected chi connectivity index (χ3v) is 3.73. The van der Waals surface area contributed by atoms with Gasteiger partial charge in [-0.3, -0.25) is 9.79 Å². The molecule has 138 valence electrons. The Balaban J connectivity index is 1.66. The van der Waals surface area contributed by atoms with E-state index in [0.717, 1.165) is 30.3 Å². The lowest BCUT2D eigenvalue weighted by molar-refractivity contribution is -0.139. The third kappa shape index (κ3) is 5.43. The predicted octanol–water partition coefficient (Wildman–Crippen LogP) is 2.42. The molecule has 1 heterocycles. The van der Waals surface area contributed by atoms with Crippen molar-refractivity contribution in [2.75, 3.05) is 25.0 Å². The summed E-state index contributed by atoms with van der Waals surface area (Å²) in [6.07, 6.45) is 3.20. The van der Waals surface area contributed by atoms with Crippen molar-refractivity contribution in [1.82, 2.24) is 5.32 Å². The van der Waals surface area contributed by atoms with Crippen LogP contribution in [-0.2, 0) is 4.79 Å². The van der Waals surface area contributed by atoms with E-state index >= 15 is 0 Å². The molecule has 0 saturated heterocycles. The highest BCUT2D eigenvalue weighted by Gasteiger charge is 2.06. The summed E-state index contributed by atoms with van der Waals surface area (Å²) in [4.78, 5) is 27.2. The van der Waals surface area contributed by atoms with Crippen LogP contribution < -0.4 is 15.4 Å². The van der Waals surface area contributed by atoms with E-state index in [2.05, 4.69) is 15.6 Å². The molecule has 0 spiro atoms. The number of ketones is 1. The number of hydrogen-bond donors (Lipinski definition) is 3. The second-order valence-corrected chi connectivity index (χ2v) is 5.82. The normalized spacial score (nSPS) is 13.1. The first-order valence-corrected chi connectivity index (χ1v) is 8.43. The second kappa shape index (κ2) is 8.66. The van der Waals surface area contributed by atoms with Crippen LogP contribution in [0.25, 0.3) is 6.08 Å². The number of carbonyl (C=O) groups excluding carboxylic acids is 1. The zero-order valence-corrected chi connectivity index (χ0v) is 14.5. The Hall–Kier alpha value is -3.61. The molecule has 0 unspecified atom stereocenters. The first-order valence-electron chi connectivity index (χ1n) is 8.43. The highest BCUT2D eigenvalue weighted by Crippen LogP contribution is 2.16. The van der Waals surface area contributed by atoms with Crippen LogP contribution in [0.1, 0.15) is 15.9 Å². The quantitative estimate of drug-likeness (QED) is 0.515. The number of aliphatic carboxylic acids is 1. The van der Waals surface area contributed by atoms with E-state index in [0.29, 0.717) is 11.3 Å². The first-order chi connectivity index (χ1) is 13.1. The van der Waals surface area contributed by atoms with Crippen LogP contribution in [0, 0.1) is 0 Å². The molecule has 0 saturated carbocycles. The maximum Gasteiger partial charge on any atom is 0.341 e. The summed E-state index contributed by atoms with van der Waals surface area (Å²) < 4.78 is 5.10. The maximum absolute atomic E-state index is 12.4. The minimum atomic E-state index is -1.07. The third-order valence-electron chi connectivity index (χ3n) is 3.73. The van der Waals surface area contributed by atoms with E-state index in [9.17, 15) is 9.59 Å². The number of carboxylic acid groups (broad SMARTS) is 1. The highest BCUT2D eigenvalue weighted by atomic mass is 16.5. The Morgan fingerprint density at radius 1 is 1.22 bits per heavy atom. The Labute approximate surface area is 156 Å². The summed E-state index contributed by atoms with van der Waals surface area (Å²) >= 11 is 0. The number of nitrogens with zero attached hydrogens (tertiary/aromatic N) is 1. The molecule has 0 atom stereocenters. The fourth-order valence-electron chi connectivity index (χ4n) is 2.49. The van der Waals surface area contributed by atoms with Crippen molar-refractivity contribution < 1.29 is 19.4 Å². The summed E-state index contributed by atoms with van der Waals surface area (Å²) in [5.41, 5.74) is 2.17. The number of ether oxygens (including phenoxy) is 1. The van der Waals surface area contributed by atoms with Gasteiger partial charge in [-0.05, 0) is 35.9 Å². The van der Waals surface area contributed by atoms with Crippen molar-refractivity contribution in [3.05, 3.63) is 65.7 Å². The number of benzene rings is 2. The maximum atomic E-state index is 12.4. The number of carbonyl (C=O) groups is 2. The Morgan fingerprint density at radius 2 is 2.07 bits per heavy atom. The van der Waals surface area contributed by atoms with Gasteiger partial charge in [0.05, 0.1) is 6.54 Å². The molecule has 0 aromatic heterocycles. The monoisotopic (exact) mass is 365 g/mol. The molecule has 0 amide bonds. The molecule has 27 heavy (non-hydrogen) atoms. The van der Waals surface area contributed by atoms with Gasteiger partial charge in [-0.25, -0.2) is 4.79 Å². The van der Waals surface area contributed by atoms with E-state index in [1.165, 1.54) is 12.1 Å². The predicted molar refractivity (Wildman–Crippen MR) is 103 cm³/mol. The number of aliphatic imine (C=N–C) groups is 1. The van der Waals surface area contributed by atoms with Crippen molar-refractivity contribution in [1.29, 1.82) is 0 Å². The van der Waals surface area contributed by atoms with E-state index in [1.54, 1.807) is 24.3 Å². The number of rotatable bonds is 7. The molecule has 2 aromatic carbocycles. The van der Waals surface area contributed by atoms with Gasteiger partial charge in [0.15, 0.2) is 18.3 Å². The average molecular weight is 365 g/mol. The molecule has 0 radical (unpaired) electrons. The molecule has 3 rings (SSSR count). The molecule has 7 heteroatoms. The minimum absolute atomic E-state index is 0.198. The molecular weight excluding hydrogens is 346 g/mol. The molecule has 1 aliphatic heterocycles. The van der Waals surface area contributed by atoms with Crippen molar-refractivity contribution >= 4 is 29.5 Å². The number of carboxylic acids is 1. The first kappa shape index (κ1) is 18.2. The van der Waals surface area contributed by atoms with Crippen LogP contribution in [0.4, 0.5) is 5.69 Å². The summed E-state index contributed by atoms with van der Waals surface area (Å²) in [6, 6.07) is 14.1. The van der Waals surface area contributed by atoms with Crippen molar-refractivity contribution in [3.8, 4) is 5.75 Å². The van der Waals surface area contributed by atoms with Gasteiger partial charge < -0.3 is 20.5 Å². The van der Waals surface area contributed by atoms with E-state index in [-0.39, 0.29) is 5.78 Å². The van der Waals surface area contributed by atoms with Crippen LogP contribution in [0.15, 0.2) is 59.6 Å². The van der Waals surface area contributed by atoms with Crippen LogP contribution in [0.3, 0.4) is 0 Å². The van der Waals surface area contributed by atoms with Crippen molar-refractivity contribution in [3.63, 3.8) is 0 Å². The van der Waals surface area contributed by atoms with Gasteiger partial charge in [-0.1, -0.05) is 30.3 Å². The number of allylic oxidation sites excluding steroid dienone is 1. The summed E-state index contributed by atoms with van der Waals surface area (Å²) in [6.45, 7) is 1.13. The summed E-state index contributed by atoms with van der Waals surface area (Å²) in [5.74, 6) is -0.187. The van der Waals surface area contributed by atoms with Crippen LogP contribution >= 0.6 is 0 Å². The topological polar surface area (TPSA) is 100 Å².